The predicted octanol–water partition coefficient (Wildman–Crippen LogP) is 1.99. The number of hydrogen-bond acceptors (Lipinski definition) is 3. The van der Waals surface area contributed by atoms with Crippen molar-refractivity contribution < 1.29 is 14.7 Å². The standard InChI is InChI=1S/C12H13BrN2O3/c1-2-3-4-10(12(17)18)15-11(16)8-5-6-14-7-9(8)13/h2-3,5-7,10H,4H2,1H3,(H,15,16)(H,17,18)/b3-2+. The molecular weight excluding hydrogens is 300 g/mol. The molecule has 1 rings (SSSR count). The molecule has 1 heterocycles. The number of pyridine rings is 1. The van der Waals surface area contributed by atoms with Gasteiger partial charge in [-0.15, -0.1) is 0 Å². The highest BCUT2D eigenvalue weighted by molar-refractivity contribution is 9.10. The van der Waals surface area contributed by atoms with Crippen LogP contribution in [0.5, 0.6) is 0 Å². The van der Waals surface area contributed by atoms with Crippen molar-refractivity contribution in [3.05, 3.63) is 40.6 Å². The molecule has 0 aliphatic carbocycles. The number of carboxylic acids is 1. The Labute approximate surface area is 113 Å². The SMILES string of the molecule is C/C=C/CC(NC(=O)c1ccncc1Br)C(=O)O. The van der Waals surface area contributed by atoms with Crippen molar-refractivity contribution in [2.45, 2.75) is 19.4 Å². The molecule has 1 atom stereocenters. The lowest BCUT2D eigenvalue weighted by Gasteiger charge is -2.13. The second-order valence-electron chi connectivity index (χ2n) is 3.52. The number of aromatic nitrogens is 1. The first-order valence-corrected chi connectivity index (χ1v) is 6.10. The zero-order valence-corrected chi connectivity index (χ0v) is 11.3. The maximum absolute atomic E-state index is 11.9. The number of amides is 1. The van der Waals surface area contributed by atoms with Gasteiger partial charge in [-0.1, -0.05) is 12.2 Å². The van der Waals surface area contributed by atoms with E-state index >= 15 is 0 Å². The van der Waals surface area contributed by atoms with E-state index in [0.717, 1.165) is 0 Å². The van der Waals surface area contributed by atoms with Crippen LogP contribution in [0.3, 0.4) is 0 Å². The third-order valence-corrected chi connectivity index (χ3v) is 2.86. The molecule has 0 aliphatic heterocycles. The minimum atomic E-state index is -1.06. The first kappa shape index (κ1) is 14.4. The van der Waals surface area contributed by atoms with E-state index in [1.165, 1.54) is 18.5 Å². The molecule has 1 aromatic rings. The minimum Gasteiger partial charge on any atom is -0.480 e. The van der Waals surface area contributed by atoms with E-state index in [2.05, 4.69) is 26.2 Å². The molecule has 1 amide bonds. The van der Waals surface area contributed by atoms with E-state index in [-0.39, 0.29) is 6.42 Å². The highest BCUT2D eigenvalue weighted by atomic mass is 79.9. The smallest absolute Gasteiger partial charge is 0.326 e. The monoisotopic (exact) mass is 312 g/mol. The normalized spacial score (nSPS) is 12.3. The third-order valence-electron chi connectivity index (χ3n) is 2.23. The predicted molar refractivity (Wildman–Crippen MR) is 70.3 cm³/mol. The van der Waals surface area contributed by atoms with Gasteiger partial charge in [0.25, 0.3) is 5.91 Å². The van der Waals surface area contributed by atoms with E-state index in [1.54, 1.807) is 19.1 Å². The van der Waals surface area contributed by atoms with Gasteiger partial charge in [-0.25, -0.2) is 4.79 Å². The second kappa shape index (κ2) is 6.90. The Kier molecular flexibility index (Phi) is 5.51. The van der Waals surface area contributed by atoms with Crippen LogP contribution in [0.1, 0.15) is 23.7 Å². The summed E-state index contributed by atoms with van der Waals surface area (Å²) in [4.78, 5) is 26.7. The fraction of sp³-hybridized carbons (Fsp3) is 0.250. The van der Waals surface area contributed by atoms with Crippen molar-refractivity contribution in [3.8, 4) is 0 Å². The Balaban J connectivity index is 2.79. The van der Waals surface area contributed by atoms with Crippen LogP contribution in [0.2, 0.25) is 0 Å². The molecule has 0 radical (unpaired) electrons. The average Bonchev–Trinajstić information content (AvgIpc) is 2.34. The van der Waals surface area contributed by atoms with Gasteiger partial charge in [0.15, 0.2) is 0 Å². The second-order valence-corrected chi connectivity index (χ2v) is 4.38. The zero-order valence-electron chi connectivity index (χ0n) is 9.76. The van der Waals surface area contributed by atoms with Gasteiger partial charge in [-0.2, -0.15) is 0 Å². The fourth-order valence-corrected chi connectivity index (χ4v) is 1.72. The molecule has 96 valence electrons. The first-order chi connectivity index (χ1) is 8.56. The number of nitrogens with zero attached hydrogens (tertiary/aromatic N) is 1. The van der Waals surface area contributed by atoms with Crippen LogP contribution in [0.15, 0.2) is 35.1 Å². The summed E-state index contributed by atoms with van der Waals surface area (Å²) in [6.07, 6.45) is 6.64. The zero-order chi connectivity index (χ0) is 13.5. The quantitative estimate of drug-likeness (QED) is 0.815. The average molecular weight is 313 g/mol. The summed E-state index contributed by atoms with van der Waals surface area (Å²) in [5.74, 6) is -1.51. The van der Waals surface area contributed by atoms with E-state index in [1.807, 2.05) is 0 Å². The van der Waals surface area contributed by atoms with Crippen LogP contribution >= 0.6 is 15.9 Å². The molecule has 1 unspecified atom stereocenters. The summed E-state index contributed by atoms with van der Waals surface area (Å²) < 4.78 is 0.526. The van der Waals surface area contributed by atoms with Crippen molar-refractivity contribution in [2.24, 2.45) is 0 Å². The Morgan fingerprint density at radius 3 is 2.89 bits per heavy atom. The van der Waals surface area contributed by atoms with Gasteiger partial charge in [0.1, 0.15) is 6.04 Å². The number of carbonyl (C=O) groups excluding carboxylic acids is 1. The van der Waals surface area contributed by atoms with Crippen molar-refractivity contribution >= 4 is 27.8 Å². The van der Waals surface area contributed by atoms with Crippen LogP contribution < -0.4 is 5.32 Å². The summed E-state index contributed by atoms with van der Waals surface area (Å²) in [6, 6.07) is 0.585. The summed E-state index contributed by atoms with van der Waals surface area (Å²) >= 11 is 3.19. The van der Waals surface area contributed by atoms with Gasteiger partial charge < -0.3 is 10.4 Å². The van der Waals surface area contributed by atoms with Gasteiger partial charge in [-0.3, -0.25) is 9.78 Å². The minimum absolute atomic E-state index is 0.250. The molecule has 6 heteroatoms. The Bertz CT molecular complexity index is 474. The molecule has 0 spiro atoms. The largest absolute Gasteiger partial charge is 0.480 e. The Morgan fingerprint density at radius 2 is 2.33 bits per heavy atom. The maximum Gasteiger partial charge on any atom is 0.326 e. The summed E-state index contributed by atoms with van der Waals surface area (Å²) in [7, 11) is 0. The lowest BCUT2D eigenvalue weighted by molar-refractivity contribution is -0.139. The molecule has 5 nitrogen and oxygen atoms in total. The van der Waals surface area contributed by atoms with E-state index in [9.17, 15) is 9.59 Å². The number of allylic oxidation sites excluding steroid dienone is 1. The molecule has 0 saturated heterocycles. The number of aliphatic carboxylic acids is 1. The Hall–Kier alpha value is -1.69. The van der Waals surface area contributed by atoms with Crippen molar-refractivity contribution in [3.63, 3.8) is 0 Å². The summed E-state index contributed by atoms with van der Waals surface area (Å²) in [6.45, 7) is 1.79. The molecular formula is C12H13BrN2O3. The highest BCUT2D eigenvalue weighted by Gasteiger charge is 2.20. The van der Waals surface area contributed by atoms with Gasteiger partial charge >= 0.3 is 5.97 Å². The van der Waals surface area contributed by atoms with Gasteiger partial charge in [0.2, 0.25) is 0 Å². The number of carboxylic acid groups (broad SMARTS) is 1. The highest BCUT2D eigenvalue weighted by Crippen LogP contribution is 2.14. The number of halogens is 1. The van der Waals surface area contributed by atoms with Crippen LogP contribution in [0.25, 0.3) is 0 Å². The fourth-order valence-electron chi connectivity index (χ4n) is 1.29. The van der Waals surface area contributed by atoms with Crippen molar-refractivity contribution in [1.29, 1.82) is 0 Å². The first-order valence-electron chi connectivity index (χ1n) is 5.30. The van der Waals surface area contributed by atoms with Crippen LogP contribution in [0, 0.1) is 0 Å². The molecule has 0 fully saturated rings. The van der Waals surface area contributed by atoms with Crippen LogP contribution in [-0.2, 0) is 4.79 Å². The number of rotatable bonds is 5. The molecule has 0 aliphatic rings. The van der Waals surface area contributed by atoms with Gasteiger partial charge in [-0.05, 0) is 35.3 Å². The van der Waals surface area contributed by atoms with E-state index in [4.69, 9.17) is 5.11 Å². The van der Waals surface area contributed by atoms with E-state index in [0.29, 0.717) is 10.0 Å². The molecule has 0 saturated carbocycles. The van der Waals surface area contributed by atoms with Crippen LogP contribution in [0.4, 0.5) is 0 Å². The van der Waals surface area contributed by atoms with Gasteiger partial charge in [0, 0.05) is 16.9 Å². The summed E-state index contributed by atoms with van der Waals surface area (Å²) in [5, 5.41) is 11.5. The maximum atomic E-state index is 11.9. The number of carbonyl (C=O) groups is 2. The van der Waals surface area contributed by atoms with Gasteiger partial charge in [0.05, 0.1) is 5.56 Å². The van der Waals surface area contributed by atoms with Crippen LogP contribution in [-0.4, -0.2) is 28.0 Å². The number of nitrogens with one attached hydrogen (secondary N) is 1. The Morgan fingerprint density at radius 1 is 1.61 bits per heavy atom. The van der Waals surface area contributed by atoms with Crippen molar-refractivity contribution in [2.75, 3.05) is 0 Å². The lowest BCUT2D eigenvalue weighted by Crippen LogP contribution is -2.40. The molecule has 1 aromatic heterocycles. The number of hydrogen-bond donors (Lipinski definition) is 2. The lowest BCUT2D eigenvalue weighted by atomic mass is 10.1. The topological polar surface area (TPSA) is 79.3 Å². The molecule has 0 aromatic carbocycles. The van der Waals surface area contributed by atoms with Crippen molar-refractivity contribution in [1.82, 2.24) is 10.3 Å². The van der Waals surface area contributed by atoms with E-state index < -0.39 is 17.9 Å². The molecule has 2 N–H and O–H groups in total. The molecule has 0 bridgehead atoms. The summed E-state index contributed by atoms with van der Waals surface area (Å²) in [5.41, 5.74) is 0.358. The third kappa shape index (κ3) is 3.96. The molecule has 18 heavy (non-hydrogen) atoms.